The Morgan fingerprint density at radius 1 is 1.31 bits per heavy atom. The molecule has 0 amide bonds. The highest BCUT2D eigenvalue weighted by Crippen LogP contribution is 2.23. The molecule has 0 bridgehead atoms. The molecular weight excluding hydrogens is 289 g/mol. The maximum atomic E-state index is 5.30. The molecule has 1 aromatic carbocycles. The molecule has 1 N–H and O–H groups in total. The Morgan fingerprint density at radius 3 is 2.44 bits per heavy atom. The van der Waals surface area contributed by atoms with E-state index < -0.39 is 0 Å². The minimum absolute atomic E-state index is 0. The minimum Gasteiger partial charge on any atom is -0.496 e. The summed E-state index contributed by atoms with van der Waals surface area (Å²) < 4.78 is 6.38. The molecule has 1 rings (SSSR count). The molecule has 0 radical (unpaired) electrons. The normalized spacial score (nSPS) is 10.8. The fourth-order valence-corrected chi connectivity index (χ4v) is 1.65. The Hall–Kier alpha value is -0.250. The second-order valence-electron chi connectivity index (χ2n) is 4.56. The van der Waals surface area contributed by atoms with Gasteiger partial charge in [0.25, 0.3) is 0 Å². The summed E-state index contributed by atoms with van der Waals surface area (Å²) in [5, 5.41) is 3.44. The summed E-state index contributed by atoms with van der Waals surface area (Å²) in [6, 6.07) is 6.04. The third-order valence-corrected chi connectivity index (χ3v) is 2.54. The quantitative estimate of drug-likeness (QED) is 0.918. The number of nitrogens with one attached hydrogen (secondary N) is 1. The van der Waals surface area contributed by atoms with Gasteiger partial charge < -0.3 is 10.1 Å². The Labute approximate surface area is 112 Å². The van der Waals surface area contributed by atoms with Gasteiger partial charge in [-0.1, -0.05) is 15.9 Å². The maximum absolute atomic E-state index is 5.30. The molecule has 16 heavy (non-hydrogen) atoms. The molecule has 2 nitrogen and oxygen atoms in total. The van der Waals surface area contributed by atoms with Crippen LogP contribution in [0.1, 0.15) is 26.3 Å². The van der Waals surface area contributed by atoms with Crippen LogP contribution < -0.4 is 10.1 Å². The van der Waals surface area contributed by atoms with E-state index in [0.29, 0.717) is 0 Å². The van der Waals surface area contributed by atoms with Crippen LogP contribution in [0.4, 0.5) is 0 Å². The van der Waals surface area contributed by atoms with E-state index >= 15 is 0 Å². The molecule has 0 saturated carbocycles. The summed E-state index contributed by atoms with van der Waals surface area (Å²) in [6.45, 7) is 7.26. The van der Waals surface area contributed by atoms with Crippen molar-refractivity contribution in [1.29, 1.82) is 0 Å². The molecule has 0 unspecified atom stereocenters. The molecule has 0 aliphatic heterocycles. The number of benzene rings is 1. The predicted molar refractivity (Wildman–Crippen MR) is 74.5 cm³/mol. The summed E-state index contributed by atoms with van der Waals surface area (Å²) in [5.74, 6) is 0.926. The number of halogens is 2. The molecule has 0 fully saturated rings. The first-order valence-corrected chi connectivity index (χ1v) is 5.79. The first kappa shape index (κ1) is 15.8. The summed E-state index contributed by atoms with van der Waals surface area (Å²) in [7, 11) is 1.70. The predicted octanol–water partition coefficient (Wildman–Crippen LogP) is 3.77. The van der Waals surface area contributed by atoms with Gasteiger partial charge in [-0.25, -0.2) is 0 Å². The first-order valence-electron chi connectivity index (χ1n) is 5.00. The van der Waals surface area contributed by atoms with E-state index in [-0.39, 0.29) is 17.9 Å². The fraction of sp³-hybridized carbons (Fsp3) is 0.500. The smallest absolute Gasteiger partial charge is 0.123 e. The Kier molecular flexibility index (Phi) is 6.38. The van der Waals surface area contributed by atoms with E-state index in [9.17, 15) is 0 Å². The van der Waals surface area contributed by atoms with Crippen LogP contribution in [0.5, 0.6) is 5.75 Å². The number of ether oxygens (including phenoxy) is 1. The van der Waals surface area contributed by atoms with Crippen LogP contribution in [0.25, 0.3) is 0 Å². The van der Waals surface area contributed by atoms with Gasteiger partial charge in [0, 0.05) is 22.1 Å². The number of rotatable bonds is 3. The summed E-state index contributed by atoms with van der Waals surface area (Å²) in [4.78, 5) is 0. The summed E-state index contributed by atoms with van der Waals surface area (Å²) in [5.41, 5.74) is 1.29. The van der Waals surface area contributed by atoms with Crippen LogP contribution in [0.2, 0.25) is 0 Å². The molecule has 0 aliphatic rings. The van der Waals surface area contributed by atoms with E-state index in [1.54, 1.807) is 7.11 Å². The third kappa shape index (κ3) is 5.19. The van der Waals surface area contributed by atoms with Gasteiger partial charge in [-0.15, -0.1) is 12.4 Å². The zero-order valence-electron chi connectivity index (χ0n) is 10.1. The van der Waals surface area contributed by atoms with Crippen molar-refractivity contribution in [1.82, 2.24) is 5.32 Å². The van der Waals surface area contributed by atoms with Gasteiger partial charge >= 0.3 is 0 Å². The van der Waals surface area contributed by atoms with Gasteiger partial charge in [-0.05, 0) is 39.0 Å². The van der Waals surface area contributed by atoms with Crippen LogP contribution in [0, 0.1) is 0 Å². The summed E-state index contributed by atoms with van der Waals surface area (Å²) in [6.07, 6.45) is 0. The van der Waals surface area contributed by atoms with E-state index in [1.165, 1.54) is 5.56 Å². The molecule has 0 heterocycles. The lowest BCUT2D eigenvalue weighted by molar-refractivity contribution is 0.392. The maximum Gasteiger partial charge on any atom is 0.123 e. The van der Waals surface area contributed by atoms with Crippen molar-refractivity contribution < 1.29 is 4.74 Å². The van der Waals surface area contributed by atoms with Gasteiger partial charge in [0.1, 0.15) is 5.75 Å². The lowest BCUT2D eigenvalue weighted by Gasteiger charge is -2.21. The topological polar surface area (TPSA) is 21.3 Å². The van der Waals surface area contributed by atoms with Crippen molar-refractivity contribution in [2.45, 2.75) is 32.9 Å². The molecule has 0 aliphatic carbocycles. The largest absolute Gasteiger partial charge is 0.496 e. The standard InChI is InChI=1S/C12H18BrNO.ClH/c1-12(2,3)14-8-9-7-10(13)5-6-11(9)15-4;/h5-7,14H,8H2,1-4H3;1H. The van der Waals surface area contributed by atoms with E-state index in [1.807, 2.05) is 12.1 Å². The van der Waals surface area contributed by atoms with Gasteiger partial charge in [0.05, 0.1) is 7.11 Å². The van der Waals surface area contributed by atoms with Crippen LogP contribution in [-0.2, 0) is 6.54 Å². The van der Waals surface area contributed by atoms with Crippen molar-refractivity contribution >= 4 is 28.3 Å². The highest BCUT2D eigenvalue weighted by molar-refractivity contribution is 9.10. The summed E-state index contributed by atoms with van der Waals surface area (Å²) >= 11 is 3.46. The van der Waals surface area contributed by atoms with Crippen LogP contribution in [0.15, 0.2) is 22.7 Å². The zero-order chi connectivity index (χ0) is 11.5. The molecule has 4 heteroatoms. The van der Waals surface area contributed by atoms with Crippen molar-refractivity contribution in [2.24, 2.45) is 0 Å². The van der Waals surface area contributed by atoms with E-state index in [2.05, 4.69) is 48.1 Å². The monoisotopic (exact) mass is 307 g/mol. The van der Waals surface area contributed by atoms with Crippen LogP contribution in [-0.4, -0.2) is 12.6 Å². The Bertz CT molecular complexity index is 336. The lowest BCUT2D eigenvalue weighted by atomic mass is 10.1. The van der Waals surface area contributed by atoms with Crippen molar-refractivity contribution in [3.63, 3.8) is 0 Å². The van der Waals surface area contributed by atoms with Crippen LogP contribution >= 0.6 is 28.3 Å². The highest BCUT2D eigenvalue weighted by atomic mass is 79.9. The molecule has 1 aromatic rings. The second kappa shape index (κ2) is 6.48. The first-order chi connectivity index (χ1) is 6.92. The third-order valence-electron chi connectivity index (χ3n) is 2.05. The van der Waals surface area contributed by atoms with E-state index in [4.69, 9.17) is 4.74 Å². The lowest BCUT2D eigenvalue weighted by Crippen LogP contribution is -2.35. The van der Waals surface area contributed by atoms with Crippen LogP contribution in [0.3, 0.4) is 0 Å². The minimum atomic E-state index is 0. The zero-order valence-corrected chi connectivity index (χ0v) is 12.5. The SMILES string of the molecule is COc1ccc(Br)cc1CNC(C)(C)C.Cl. The van der Waals surface area contributed by atoms with Gasteiger partial charge in [-0.2, -0.15) is 0 Å². The number of hydrogen-bond donors (Lipinski definition) is 1. The molecule has 0 aromatic heterocycles. The number of hydrogen-bond acceptors (Lipinski definition) is 2. The Balaban J connectivity index is 0.00000225. The van der Waals surface area contributed by atoms with Crippen molar-refractivity contribution in [2.75, 3.05) is 7.11 Å². The number of methoxy groups -OCH3 is 1. The fourth-order valence-electron chi connectivity index (χ4n) is 1.25. The highest BCUT2D eigenvalue weighted by Gasteiger charge is 2.10. The van der Waals surface area contributed by atoms with Crippen molar-refractivity contribution in [3.8, 4) is 5.75 Å². The second-order valence-corrected chi connectivity index (χ2v) is 5.48. The average Bonchev–Trinajstić information content (AvgIpc) is 2.14. The molecule has 92 valence electrons. The molecular formula is C12H19BrClNO. The van der Waals surface area contributed by atoms with E-state index in [0.717, 1.165) is 16.8 Å². The molecule has 0 atom stereocenters. The molecule has 0 spiro atoms. The van der Waals surface area contributed by atoms with Gasteiger partial charge in [0.15, 0.2) is 0 Å². The molecule has 0 saturated heterocycles. The van der Waals surface area contributed by atoms with Crippen molar-refractivity contribution in [3.05, 3.63) is 28.2 Å². The average molecular weight is 309 g/mol. The van der Waals surface area contributed by atoms with Gasteiger partial charge in [0.2, 0.25) is 0 Å². The van der Waals surface area contributed by atoms with Gasteiger partial charge in [-0.3, -0.25) is 0 Å². The Morgan fingerprint density at radius 2 is 1.94 bits per heavy atom.